The Hall–Kier alpha value is -3.61. The standard InChI is InChI=1S/C27H27ClF3N5O4/c28-18-3-1-4-19(15-18)36-23-21(9-10-26(23)39-13-2-14-40-26)22(34-36)16-33-25(38)35(12-11-27(29,30)31)24(32)17-5-7-20(37)8-6-17/h1,3-8,15,32,37H,2,9-14,16H2,(H,33,38). The molecule has 1 aliphatic carbocycles. The molecule has 2 aromatic carbocycles. The number of alkyl halides is 3. The first-order valence-electron chi connectivity index (χ1n) is 12.7. The van der Waals surface area contributed by atoms with E-state index in [1.54, 1.807) is 22.9 Å². The molecule has 212 valence electrons. The number of aromatic nitrogens is 2. The highest BCUT2D eigenvalue weighted by molar-refractivity contribution is 6.30. The van der Waals surface area contributed by atoms with E-state index in [-0.39, 0.29) is 17.9 Å². The average Bonchev–Trinajstić information content (AvgIpc) is 3.47. The lowest BCUT2D eigenvalue weighted by molar-refractivity contribution is -0.277. The zero-order valence-electron chi connectivity index (χ0n) is 21.3. The monoisotopic (exact) mass is 577 g/mol. The molecule has 5 rings (SSSR count). The summed E-state index contributed by atoms with van der Waals surface area (Å²) in [5, 5.41) is 25.8. The van der Waals surface area contributed by atoms with Crippen molar-refractivity contribution in [1.29, 1.82) is 5.41 Å². The molecule has 3 aromatic rings. The zero-order valence-corrected chi connectivity index (χ0v) is 22.1. The molecular weight excluding hydrogens is 551 g/mol. The van der Waals surface area contributed by atoms with Crippen LogP contribution in [0.5, 0.6) is 5.75 Å². The van der Waals surface area contributed by atoms with E-state index in [0.29, 0.717) is 48.2 Å². The Bertz CT molecular complexity index is 1400. The molecule has 40 heavy (non-hydrogen) atoms. The molecule has 1 spiro atoms. The molecule has 3 N–H and O–H groups in total. The normalized spacial score (nSPS) is 16.1. The van der Waals surface area contributed by atoms with Crippen LogP contribution in [0.1, 0.15) is 41.8 Å². The number of phenolic OH excluding ortho intramolecular Hbond substituents is 1. The number of nitrogens with one attached hydrogen (secondary N) is 2. The molecule has 2 amide bonds. The van der Waals surface area contributed by atoms with Crippen molar-refractivity contribution in [1.82, 2.24) is 20.0 Å². The second kappa shape index (κ2) is 11.1. The number of rotatable bonds is 6. The van der Waals surface area contributed by atoms with Crippen molar-refractivity contribution in [2.24, 2.45) is 0 Å². The number of urea groups is 1. The van der Waals surface area contributed by atoms with Crippen molar-refractivity contribution in [2.75, 3.05) is 19.8 Å². The van der Waals surface area contributed by atoms with E-state index in [1.165, 1.54) is 24.3 Å². The highest BCUT2D eigenvalue weighted by atomic mass is 35.5. The van der Waals surface area contributed by atoms with Crippen LogP contribution >= 0.6 is 11.6 Å². The lowest BCUT2D eigenvalue weighted by Crippen LogP contribution is -2.45. The van der Waals surface area contributed by atoms with Gasteiger partial charge in [0.25, 0.3) is 0 Å². The Kier molecular flexibility index (Phi) is 7.76. The topological polar surface area (TPSA) is 113 Å². The first-order chi connectivity index (χ1) is 19.1. The van der Waals surface area contributed by atoms with Crippen LogP contribution in [0.3, 0.4) is 0 Å². The quantitative estimate of drug-likeness (QED) is 0.273. The molecule has 13 heteroatoms. The van der Waals surface area contributed by atoms with E-state index >= 15 is 0 Å². The Balaban J connectivity index is 1.42. The van der Waals surface area contributed by atoms with E-state index in [1.807, 2.05) is 6.07 Å². The summed E-state index contributed by atoms with van der Waals surface area (Å²) in [6.07, 6.45) is -3.96. The molecule has 1 saturated heterocycles. The maximum absolute atomic E-state index is 13.2. The molecule has 1 aliphatic heterocycles. The molecule has 0 unspecified atom stereocenters. The van der Waals surface area contributed by atoms with Gasteiger partial charge in [-0.2, -0.15) is 18.3 Å². The predicted octanol–water partition coefficient (Wildman–Crippen LogP) is 5.26. The number of amidine groups is 1. The third-order valence-corrected chi connectivity index (χ3v) is 7.06. The molecular formula is C27H27ClF3N5O4. The fraction of sp³-hybridized carbons (Fsp3) is 0.370. The number of carbonyl (C=O) groups excluding carboxylic acids is 1. The van der Waals surface area contributed by atoms with E-state index in [4.69, 9.17) is 31.6 Å². The van der Waals surface area contributed by atoms with E-state index < -0.39 is 36.8 Å². The smallest absolute Gasteiger partial charge is 0.390 e. The van der Waals surface area contributed by atoms with Gasteiger partial charge in [-0.25, -0.2) is 9.48 Å². The number of hydrogen-bond acceptors (Lipinski definition) is 6. The third kappa shape index (κ3) is 5.79. The van der Waals surface area contributed by atoms with Crippen molar-refractivity contribution in [2.45, 2.75) is 44.2 Å². The summed E-state index contributed by atoms with van der Waals surface area (Å²) >= 11 is 6.24. The Morgan fingerprint density at radius 3 is 2.60 bits per heavy atom. The van der Waals surface area contributed by atoms with Gasteiger partial charge < -0.3 is 19.9 Å². The van der Waals surface area contributed by atoms with Crippen molar-refractivity contribution in [3.63, 3.8) is 0 Å². The van der Waals surface area contributed by atoms with E-state index in [9.17, 15) is 23.1 Å². The van der Waals surface area contributed by atoms with Gasteiger partial charge >= 0.3 is 12.2 Å². The maximum atomic E-state index is 13.2. The lowest BCUT2D eigenvalue weighted by atomic mass is 10.1. The predicted molar refractivity (Wildman–Crippen MR) is 140 cm³/mol. The lowest BCUT2D eigenvalue weighted by Gasteiger charge is -2.34. The van der Waals surface area contributed by atoms with Crippen LogP contribution in [-0.4, -0.2) is 57.6 Å². The first kappa shape index (κ1) is 27.9. The second-order valence-electron chi connectivity index (χ2n) is 9.54. The van der Waals surface area contributed by atoms with Crippen LogP contribution in [-0.2, 0) is 28.2 Å². The molecule has 0 atom stereocenters. The number of nitrogens with zero attached hydrogens (tertiary/aromatic N) is 3. The number of halogens is 4. The second-order valence-corrected chi connectivity index (χ2v) is 9.98. The van der Waals surface area contributed by atoms with Gasteiger partial charge in [-0.15, -0.1) is 0 Å². The minimum atomic E-state index is -4.53. The number of carbonyl (C=O) groups is 1. The number of amides is 2. The van der Waals surface area contributed by atoms with Gasteiger partial charge in [-0.3, -0.25) is 10.3 Å². The number of hydrogen-bond donors (Lipinski definition) is 3. The first-order valence-corrected chi connectivity index (χ1v) is 13.1. The van der Waals surface area contributed by atoms with Crippen LogP contribution in [0.2, 0.25) is 5.02 Å². The Labute approximate surface area is 232 Å². The summed E-state index contributed by atoms with van der Waals surface area (Å²) < 4.78 is 53.1. The summed E-state index contributed by atoms with van der Waals surface area (Å²) in [6.45, 7) is 0.171. The van der Waals surface area contributed by atoms with Crippen molar-refractivity contribution < 1.29 is 32.5 Å². The minimum absolute atomic E-state index is 0.0734. The molecule has 0 bridgehead atoms. The Morgan fingerprint density at radius 2 is 1.93 bits per heavy atom. The summed E-state index contributed by atoms with van der Waals surface area (Å²) in [4.78, 5) is 13.9. The summed E-state index contributed by atoms with van der Waals surface area (Å²) in [6, 6.07) is 11.5. The van der Waals surface area contributed by atoms with Crippen molar-refractivity contribution in [3.8, 4) is 11.4 Å². The minimum Gasteiger partial charge on any atom is -0.508 e. The average molecular weight is 578 g/mol. The molecule has 1 fully saturated rings. The fourth-order valence-corrected chi connectivity index (χ4v) is 5.12. The van der Waals surface area contributed by atoms with Gasteiger partial charge in [0.2, 0.25) is 5.79 Å². The zero-order chi connectivity index (χ0) is 28.5. The molecule has 1 aromatic heterocycles. The number of benzene rings is 2. The van der Waals surface area contributed by atoms with Gasteiger partial charge in [-0.1, -0.05) is 17.7 Å². The summed E-state index contributed by atoms with van der Waals surface area (Å²) in [5.41, 5.74) is 2.86. The van der Waals surface area contributed by atoms with Crippen LogP contribution < -0.4 is 5.32 Å². The molecule has 2 heterocycles. The molecule has 2 aliphatic rings. The van der Waals surface area contributed by atoms with Crippen LogP contribution in [0.25, 0.3) is 5.69 Å². The largest absolute Gasteiger partial charge is 0.508 e. The highest BCUT2D eigenvalue weighted by Crippen LogP contribution is 2.45. The third-order valence-electron chi connectivity index (χ3n) is 6.83. The summed E-state index contributed by atoms with van der Waals surface area (Å²) in [5.74, 6) is -1.50. The van der Waals surface area contributed by atoms with Crippen molar-refractivity contribution in [3.05, 3.63) is 76.1 Å². The summed E-state index contributed by atoms with van der Waals surface area (Å²) in [7, 11) is 0. The maximum Gasteiger partial charge on any atom is 0.390 e. The number of fused-ring (bicyclic) bond motifs is 2. The van der Waals surface area contributed by atoms with E-state index in [2.05, 4.69) is 5.32 Å². The fourth-order valence-electron chi connectivity index (χ4n) is 4.93. The molecule has 0 saturated carbocycles. The van der Waals surface area contributed by atoms with Crippen LogP contribution in [0.4, 0.5) is 18.0 Å². The molecule has 9 nitrogen and oxygen atoms in total. The number of ether oxygens (including phenoxy) is 2. The van der Waals surface area contributed by atoms with E-state index in [0.717, 1.165) is 16.9 Å². The molecule has 0 radical (unpaired) electrons. The van der Waals surface area contributed by atoms with Crippen molar-refractivity contribution >= 4 is 23.5 Å². The van der Waals surface area contributed by atoms with Gasteiger partial charge in [0.1, 0.15) is 17.3 Å². The van der Waals surface area contributed by atoms with Gasteiger partial charge in [-0.05, 0) is 55.3 Å². The number of phenols is 1. The van der Waals surface area contributed by atoms with Gasteiger partial charge in [0, 0.05) is 29.1 Å². The van der Waals surface area contributed by atoms with Crippen LogP contribution in [0.15, 0.2) is 48.5 Å². The van der Waals surface area contributed by atoms with Crippen LogP contribution in [0, 0.1) is 5.41 Å². The van der Waals surface area contributed by atoms with Gasteiger partial charge in [0.05, 0.1) is 37.6 Å². The highest BCUT2D eigenvalue weighted by Gasteiger charge is 2.48. The number of aromatic hydroxyl groups is 1. The van der Waals surface area contributed by atoms with Gasteiger partial charge in [0.15, 0.2) is 0 Å². The SMILES string of the molecule is N=C(c1ccc(O)cc1)N(CCC(F)(F)F)C(=O)NCc1nn(-c2cccc(Cl)c2)c2c1CCC21OCCCO1. The Morgan fingerprint density at radius 1 is 1.20 bits per heavy atom.